The van der Waals surface area contributed by atoms with Crippen LogP contribution >= 0.6 is 23.2 Å². The number of amides is 4. The van der Waals surface area contributed by atoms with Crippen LogP contribution in [0.15, 0.2) is 127 Å². The Kier molecular flexibility index (Phi) is 9.36. The maximum Gasteiger partial charge on any atom is 0.260 e. The molecule has 58 heavy (non-hydrogen) atoms. The number of benzene rings is 5. The van der Waals surface area contributed by atoms with Gasteiger partial charge in [0.1, 0.15) is 23.9 Å². The molecule has 4 amide bonds. The molecule has 2 aliphatic carbocycles. The number of fused-ring (bicyclic) bond motifs is 4. The van der Waals surface area contributed by atoms with E-state index < -0.39 is 58.5 Å². The molecule has 9 rings (SSSR count). The van der Waals surface area contributed by atoms with Crippen molar-refractivity contribution in [3.8, 4) is 11.5 Å². The van der Waals surface area contributed by atoms with E-state index in [4.69, 9.17) is 27.9 Å². The molecule has 0 radical (unpaired) electrons. The minimum atomic E-state index is -1.66. The maximum atomic E-state index is 15.4. The molecule has 5 aromatic carbocycles. The molecule has 0 unspecified atom stereocenters. The summed E-state index contributed by atoms with van der Waals surface area (Å²) < 4.78 is 20.0. The Bertz CT molecular complexity index is 2530. The number of carbonyl (C=O) groups excluding carboxylic acids is 4. The SMILES string of the molecule is Cc1ccc(N2C(=O)[C@H]3[C@H](CC=C4[C@H]3C[C@H]3C(=O)N(Nc5ccc(F)cc5)C(=O)[C@@]3(c3ccc(Cl)cc3)[C@H]4c3ccc(OCc4ccccc4)cc3O)C2=O)cc1Cl. The normalized spacial score (nSPS) is 25.0. The van der Waals surface area contributed by atoms with Crippen molar-refractivity contribution in [2.75, 3.05) is 10.3 Å². The van der Waals surface area contributed by atoms with Gasteiger partial charge in [0.05, 0.1) is 34.5 Å². The van der Waals surface area contributed by atoms with Crippen LogP contribution in [0.4, 0.5) is 15.8 Å². The molecular formula is C46H36Cl2FN3O6. The average molecular weight is 817 g/mol. The Morgan fingerprint density at radius 1 is 0.845 bits per heavy atom. The zero-order valence-corrected chi connectivity index (χ0v) is 32.6. The zero-order valence-electron chi connectivity index (χ0n) is 31.1. The first-order valence-electron chi connectivity index (χ1n) is 19.0. The van der Waals surface area contributed by atoms with Crippen LogP contribution in [0.3, 0.4) is 0 Å². The summed E-state index contributed by atoms with van der Waals surface area (Å²) in [4.78, 5) is 60.4. The molecule has 4 aliphatic rings. The lowest BCUT2D eigenvalue weighted by Crippen LogP contribution is -2.53. The summed E-state index contributed by atoms with van der Waals surface area (Å²) in [5, 5.41) is 13.8. The number of aromatic hydroxyl groups is 1. The van der Waals surface area contributed by atoms with Gasteiger partial charge in [-0.3, -0.25) is 24.6 Å². The molecule has 0 bridgehead atoms. The van der Waals surface area contributed by atoms with E-state index in [2.05, 4.69) is 5.43 Å². The van der Waals surface area contributed by atoms with Crippen LogP contribution in [-0.2, 0) is 31.2 Å². The fourth-order valence-electron chi connectivity index (χ4n) is 9.57. The number of hydrogen-bond donors (Lipinski definition) is 2. The van der Waals surface area contributed by atoms with Crippen molar-refractivity contribution >= 4 is 58.2 Å². The van der Waals surface area contributed by atoms with Crippen LogP contribution < -0.4 is 15.1 Å². The van der Waals surface area contributed by atoms with Gasteiger partial charge < -0.3 is 9.84 Å². The zero-order chi connectivity index (χ0) is 40.5. The second kappa shape index (κ2) is 14.4. The average Bonchev–Trinajstić information content (AvgIpc) is 3.60. The third-order valence-electron chi connectivity index (χ3n) is 12.2. The second-order valence-electron chi connectivity index (χ2n) is 15.3. The van der Waals surface area contributed by atoms with E-state index in [1.54, 1.807) is 54.6 Å². The highest BCUT2D eigenvalue weighted by Gasteiger charge is 2.70. The number of phenolic OH excluding ortho intramolecular Hbond substituents is 1. The molecule has 2 N–H and O–H groups in total. The fourth-order valence-corrected chi connectivity index (χ4v) is 9.87. The van der Waals surface area contributed by atoms with Gasteiger partial charge in [-0.25, -0.2) is 9.29 Å². The van der Waals surface area contributed by atoms with Crippen LogP contribution in [0.2, 0.25) is 10.0 Å². The van der Waals surface area contributed by atoms with Gasteiger partial charge in [-0.1, -0.05) is 89.4 Å². The van der Waals surface area contributed by atoms with E-state index in [1.807, 2.05) is 43.3 Å². The van der Waals surface area contributed by atoms with E-state index in [0.717, 1.165) is 16.1 Å². The Balaban J connectivity index is 1.20. The Morgan fingerprint density at radius 3 is 2.29 bits per heavy atom. The van der Waals surface area contributed by atoms with E-state index in [0.29, 0.717) is 43.9 Å². The lowest BCUT2D eigenvalue weighted by molar-refractivity contribution is -0.138. The topological polar surface area (TPSA) is 116 Å². The molecule has 0 aromatic heterocycles. The van der Waals surface area contributed by atoms with Gasteiger partial charge in [-0.05, 0) is 97.0 Å². The summed E-state index contributed by atoms with van der Waals surface area (Å²) in [6, 6.07) is 31.5. The lowest BCUT2D eigenvalue weighted by atomic mass is 9.49. The Morgan fingerprint density at radius 2 is 1.59 bits per heavy atom. The number of nitrogens with zero attached hydrogens (tertiary/aromatic N) is 2. The molecular weight excluding hydrogens is 780 g/mol. The highest BCUT2D eigenvalue weighted by molar-refractivity contribution is 6.32. The number of carbonyl (C=O) groups is 4. The number of anilines is 2. The molecule has 0 spiro atoms. The monoisotopic (exact) mass is 815 g/mol. The largest absolute Gasteiger partial charge is 0.508 e. The number of allylic oxidation sites excluding steroid dienone is 2. The number of hydrazine groups is 1. The molecule has 5 aromatic rings. The van der Waals surface area contributed by atoms with Gasteiger partial charge in [0.15, 0.2) is 0 Å². The van der Waals surface area contributed by atoms with Crippen molar-refractivity contribution in [3.63, 3.8) is 0 Å². The molecule has 2 heterocycles. The molecule has 6 atom stereocenters. The number of phenols is 1. The first-order valence-corrected chi connectivity index (χ1v) is 19.7. The number of imide groups is 2. The molecule has 2 saturated heterocycles. The van der Waals surface area contributed by atoms with E-state index in [1.165, 1.54) is 35.2 Å². The summed E-state index contributed by atoms with van der Waals surface area (Å²) in [6.45, 7) is 2.07. The first kappa shape index (κ1) is 37.6. The second-order valence-corrected chi connectivity index (χ2v) is 16.2. The summed E-state index contributed by atoms with van der Waals surface area (Å²) >= 11 is 12.9. The summed E-state index contributed by atoms with van der Waals surface area (Å²) in [5.74, 6) is -6.61. The molecule has 292 valence electrons. The predicted octanol–water partition coefficient (Wildman–Crippen LogP) is 8.92. The van der Waals surface area contributed by atoms with E-state index in [9.17, 15) is 23.9 Å². The highest BCUT2D eigenvalue weighted by Crippen LogP contribution is 2.65. The highest BCUT2D eigenvalue weighted by atomic mass is 35.5. The van der Waals surface area contributed by atoms with E-state index in [-0.39, 0.29) is 31.1 Å². The Hall–Kier alpha value is -5.97. The summed E-state index contributed by atoms with van der Waals surface area (Å²) in [7, 11) is 0. The molecule has 1 saturated carbocycles. The van der Waals surface area contributed by atoms with Gasteiger partial charge >= 0.3 is 0 Å². The van der Waals surface area contributed by atoms with Crippen molar-refractivity contribution in [2.24, 2.45) is 23.7 Å². The van der Waals surface area contributed by atoms with Gasteiger partial charge in [-0.2, -0.15) is 5.01 Å². The number of hydrogen-bond acceptors (Lipinski definition) is 7. The molecule has 2 aliphatic heterocycles. The molecule has 12 heteroatoms. The van der Waals surface area contributed by atoms with Crippen LogP contribution in [0.5, 0.6) is 11.5 Å². The van der Waals surface area contributed by atoms with Gasteiger partial charge in [0.25, 0.3) is 11.8 Å². The lowest BCUT2D eigenvalue weighted by Gasteiger charge is -2.50. The maximum absolute atomic E-state index is 15.4. The smallest absolute Gasteiger partial charge is 0.260 e. The molecule has 3 fully saturated rings. The van der Waals surface area contributed by atoms with Crippen LogP contribution in [0, 0.1) is 36.4 Å². The van der Waals surface area contributed by atoms with Crippen molar-refractivity contribution < 1.29 is 33.4 Å². The van der Waals surface area contributed by atoms with Gasteiger partial charge in [0, 0.05) is 27.6 Å². The number of halogens is 3. The summed E-state index contributed by atoms with van der Waals surface area (Å²) in [5.41, 5.74) is 5.12. The summed E-state index contributed by atoms with van der Waals surface area (Å²) in [6.07, 6.45) is 2.14. The van der Waals surface area contributed by atoms with E-state index >= 15 is 4.79 Å². The minimum Gasteiger partial charge on any atom is -0.508 e. The van der Waals surface area contributed by atoms with Crippen LogP contribution in [0.25, 0.3) is 0 Å². The minimum absolute atomic E-state index is 0.0405. The number of rotatable bonds is 8. The fraction of sp³-hybridized carbons (Fsp3) is 0.217. The number of ether oxygens (including phenoxy) is 1. The standard InChI is InChI=1S/C46H36Cl2FN3O6/c1-25-7-16-31(21-38(25)48)51-42(54)35-20-19-33-36(40(35)44(51)56)23-37-43(55)52(50-30-14-12-29(49)13-15-30)45(57)46(37,27-8-10-28(47)11-9-27)41(33)34-18-17-32(22-39(34)53)58-24-26-5-3-2-4-6-26/h2-19,21-22,35-37,40-41,50,53H,20,23-24H2,1H3/t35-,36+,37-,40-,41+,46+/m0/s1. The first-order chi connectivity index (χ1) is 28.0. The van der Waals surface area contributed by atoms with Crippen LogP contribution in [0.1, 0.15) is 41.0 Å². The molecule has 9 nitrogen and oxygen atoms in total. The Labute approximate surface area is 343 Å². The van der Waals surface area contributed by atoms with Crippen molar-refractivity contribution in [3.05, 3.63) is 165 Å². The third kappa shape index (κ3) is 5.96. The van der Waals surface area contributed by atoms with Gasteiger partial charge in [0.2, 0.25) is 11.8 Å². The van der Waals surface area contributed by atoms with Gasteiger partial charge in [-0.15, -0.1) is 0 Å². The third-order valence-corrected chi connectivity index (χ3v) is 12.9. The van der Waals surface area contributed by atoms with Crippen molar-refractivity contribution in [2.45, 2.75) is 37.7 Å². The number of nitrogens with one attached hydrogen (secondary N) is 1. The number of aryl methyl sites for hydroxylation is 1. The quantitative estimate of drug-likeness (QED) is 0.119. The van der Waals surface area contributed by atoms with Crippen molar-refractivity contribution in [1.82, 2.24) is 5.01 Å². The van der Waals surface area contributed by atoms with Crippen LogP contribution in [-0.4, -0.2) is 33.7 Å². The predicted molar refractivity (Wildman–Crippen MR) is 217 cm³/mol. The van der Waals surface area contributed by atoms with Crippen molar-refractivity contribution in [1.29, 1.82) is 0 Å².